The highest BCUT2D eigenvalue weighted by Gasteiger charge is 2.26. The summed E-state index contributed by atoms with van der Waals surface area (Å²) in [6.45, 7) is 8.59. The normalized spacial score (nSPS) is 19.5. The van der Waals surface area contributed by atoms with E-state index in [1.165, 1.54) is 30.2 Å². The van der Waals surface area contributed by atoms with Gasteiger partial charge in [0.2, 0.25) is 11.9 Å². The van der Waals surface area contributed by atoms with E-state index in [1.807, 2.05) is 7.05 Å². The molecule has 0 bridgehead atoms. The van der Waals surface area contributed by atoms with Gasteiger partial charge in [-0.25, -0.2) is 0 Å². The molecule has 4 rings (SSSR count). The molecule has 2 aliphatic rings. The van der Waals surface area contributed by atoms with Crippen LogP contribution in [0.15, 0.2) is 29.4 Å². The van der Waals surface area contributed by atoms with Crippen molar-refractivity contribution in [3.05, 3.63) is 35.4 Å². The number of aromatic nitrogens is 3. The third-order valence-electron chi connectivity index (χ3n) is 6.46. The number of piperidine rings is 1. The monoisotopic (exact) mass is 457 g/mol. The van der Waals surface area contributed by atoms with Crippen molar-refractivity contribution >= 4 is 23.6 Å². The Morgan fingerprint density at radius 3 is 2.62 bits per heavy atom. The number of anilines is 1. The third-order valence-corrected chi connectivity index (χ3v) is 7.42. The molecular weight excluding hydrogens is 422 g/mol. The number of nitrogens with zero attached hydrogens (tertiary/aromatic N) is 5. The SMILES string of the molecule is Cc1ccc(CN(C)C(=O)CSc2nnc(N3CCC(C)CC3)n2CC2CCCO2)cc1. The number of thioether (sulfide) groups is 1. The topological polar surface area (TPSA) is 63.5 Å². The number of amides is 1. The highest BCUT2D eigenvalue weighted by atomic mass is 32.2. The summed E-state index contributed by atoms with van der Waals surface area (Å²) in [6.07, 6.45) is 4.73. The Balaban J connectivity index is 1.41. The average Bonchev–Trinajstić information content (AvgIpc) is 3.45. The number of benzene rings is 1. The van der Waals surface area contributed by atoms with Crippen LogP contribution < -0.4 is 4.90 Å². The predicted molar refractivity (Wildman–Crippen MR) is 128 cm³/mol. The lowest BCUT2D eigenvalue weighted by Crippen LogP contribution is -2.35. The first kappa shape index (κ1) is 23.1. The van der Waals surface area contributed by atoms with E-state index in [2.05, 4.69) is 57.8 Å². The minimum absolute atomic E-state index is 0.0931. The lowest BCUT2D eigenvalue weighted by molar-refractivity contribution is -0.127. The summed E-state index contributed by atoms with van der Waals surface area (Å²) >= 11 is 1.48. The molecule has 1 aromatic carbocycles. The maximum Gasteiger partial charge on any atom is 0.233 e. The van der Waals surface area contributed by atoms with Gasteiger partial charge in [-0.05, 0) is 44.1 Å². The van der Waals surface area contributed by atoms with Crippen LogP contribution in [-0.2, 0) is 22.6 Å². The molecule has 3 heterocycles. The molecule has 2 aliphatic heterocycles. The van der Waals surface area contributed by atoms with Gasteiger partial charge in [0.05, 0.1) is 18.4 Å². The number of hydrogen-bond donors (Lipinski definition) is 0. The Hall–Kier alpha value is -2.06. The molecule has 1 unspecified atom stereocenters. The Morgan fingerprint density at radius 2 is 1.94 bits per heavy atom. The molecule has 0 spiro atoms. The number of hydrogen-bond acceptors (Lipinski definition) is 6. The summed E-state index contributed by atoms with van der Waals surface area (Å²) in [5.74, 6) is 2.13. The van der Waals surface area contributed by atoms with Crippen molar-refractivity contribution < 1.29 is 9.53 Å². The van der Waals surface area contributed by atoms with E-state index < -0.39 is 0 Å². The summed E-state index contributed by atoms with van der Waals surface area (Å²) < 4.78 is 8.08. The predicted octanol–water partition coefficient (Wildman–Crippen LogP) is 3.75. The number of aryl methyl sites for hydroxylation is 1. The van der Waals surface area contributed by atoms with Crippen LogP contribution in [0.25, 0.3) is 0 Å². The molecule has 0 radical (unpaired) electrons. The van der Waals surface area contributed by atoms with E-state index >= 15 is 0 Å². The van der Waals surface area contributed by atoms with Crippen molar-refractivity contribution in [2.75, 3.05) is 37.4 Å². The molecule has 2 saturated heterocycles. The van der Waals surface area contributed by atoms with Crippen molar-refractivity contribution in [2.24, 2.45) is 5.92 Å². The van der Waals surface area contributed by atoms with Crippen LogP contribution in [0.2, 0.25) is 0 Å². The molecule has 174 valence electrons. The zero-order valence-corrected chi connectivity index (χ0v) is 20.3. The summed E-state index contributed by atoms with van der Waals surface area (Å²) in [5, 5.41) is 9.84. The molecule has 7 nitrogen and oxygen atoms in total. The fourth-order valence-electron chi connectivity index (χ4n) is 4.27. The first-order chi connectivity index (χ1) is 15.5. The van der Waals surface area contributed by atoms with Gasteiger partial charge >= 0.3 is 0 Å². The van der Waals surface area contributed by atoms with Gasteiger partial charge in [-0.1, -0.05) is 48.5 Å². The quantitative estimate of drug-likeness (QED) is 0.563. The van der Waals surface area contributed by atoms with E-state index in [-0.39, 0.29) is 12.0 Å². The van der Waals surface area contributed by atoms with Gasteiger partial charge in [0.25, 0.3) is 0 Å². The first-order valence-corrected chi connectivity index (χ1v) is 12.7. The maximum absolute atomic E-state index is 12.8. The standard InChI is InChI=1S/C24H35N5O2S/c1-18-6-8-20(9-7-18)15-27(3)22(30)17-32-24-26-25-23(28-12-10-19(2)11-13-28)29(24)16-21-5-4-14-31-21/h6-9,19,21H,4-5,10-17H2,1-3H3. The third kappa shape index (κ3) is 5.84. The van der Waals surface area contributed by atoms with Gasteiger partial charge < -0.3 is 14.5 Å². The van der Waals surface area contributed by atoms with E-state index in [9.17, 15) is 4.79 Å². The Kier molecular flexibility index (Phi) is 7.73. The molecule has 2 aromatic rings. The number of carbonyl (C=O) groups is 1. The van der Waals surface area contributed by atoms with Crippen molar-refractivity contribution in [3.63, 3.8) is 0 Å². The lowest BCUT2D eigenvalue weighted by Gasteiger charge is -2.31. The van der Waals surface area contributed by atoms with Gasteiger partial charge in [0, 0.05) is 33.3 Å². The van der Waals surface area contributed by atoms with Crippen LogP contribution in [0.5, 0.6) is 0 Å². The van der Waals surface area contributed by atoms with Crippen molar-refractivity contribution in [1.29, 1.82) is 0 Å². The van der Waals surface area contributed by atoms with Crippen LogP contribution in [0.1, 0.15) is 43.7 Å². The number of ether oxygens (including phenoxy) is 1. The number of rotatable bonds is 8. The van der Waals surface area contributed by atoms with Gasteiger partial charge in [-0.15, -0.1) is 10.2 Å². The van der Waals surface area contributed by atoms with Crippen LogP contribution in [-0.4, -0.2) is 64.2 Å². The second-order valence-electron chi connectivity index (χ2n) is 9.22. The van der Waals surface area contributed by atoms with E-state index in [1.54, 1.807) is 4.90 Å². The average molecular weight is 458 g/mol. The summed E-state index contributed by atoms with van der Waals surface area (Å²) in [6, 6.07) is 8.32. The van der Waals surface area contributed by atoms with Crippen LogP contribution in [0, 0.1) is 12.8 Å². The smallest absolute Gasteiger partial charge is 0.233 e. The molecule has 1 atom stereocenters. The van der Waals surface area contributed by atoms with Gasteiger partial charge in [0.1, 0.15) is 0 Å². The fraction of sp³-hybridized carbons (Fsp3) is 0.625. The van der Waals surface area contributed by atoms with E-state index in [4.69, 9.17) is 4.74 Å². The Morgan fingerprint density at radius 1 is 1.19 bits per heavy atom. The molecule has 1 amide bonds. The van der Waals surface area contributed by atoms with Gasteiger partial charge in [-0.3, -0.25) is 9.36 Å². The highest BCUT2D eigenvalue weighted by molar-refractivity contribution is 7.99. The minimum atomic E-state index is 0.0931. The van der Waals surface area contributed by atoms with Crippen molar-refractivity contribution in [1.82, 2.24) is 19.7 Å². The highest BCUT2D eigenvalue weighted by Crippen LogP contribution is 2.28. The molecule has 0 saturated carbocycles. The maximum atomic E-state index is 12.8. The zero-order chi connectivity index (χ0) is 22.5. The molecule has 0 N–H and O–H groups in total. The Labute approximate surface area is 195 Å². The van der Waals surface area contributed by atoms with E-state index in [0.29, 0.717) is 12.3 Å². The minimum Gasteiger partial charge on any atom is -0.376 e. The fourth-order valence-corrected chi connectivity index (χ4v) is 5.16. The second kappa shape index (κ2) is 10.7. The largest absolute Gasteiger partial charge is 0.376 e. The molecule has 32 heavy (non-hydrogen) atoms. The molecule has 0 aliphatic carbocycles. The second-order valence-corrected chi connectivity index (χ2v) is 10.2. The van der Waals surface area contributed by atoms with Crippen molar-refractivity contribution in [2.45, 2.75) is 63.9 Å². The summed E-state index contributed by atoms with van der Waals surface area (Å²) in [4.78, 5) is 16.9. The Bertz CT molecular complexity index is 886. The van der Waals surface area contributed by atoms with Crippen LogP contribution in [0.3, 0.4) is 0 Å². The lowest BCUT2D eigenvalue weighted by atomic mass is 10.00. The van der Waals surface area contributed by atoms with Crippen molar-refractivity contribution in [3.8, 4) is 0 Å². The first-order valence-electron chi connectivity index (χ1n) is 11.7. The molecule has 1 aromatic heterocycles. The number of carbonyl (C=O) groups excluding carboxylic acids is 1. The zero-order valence-electron chi connectivity index (χ0n) is 19.5. The molecular formula is C24H35N5O2S. The van der Waals surface area contributed by atoms with E-state index in [0.717, 1.165) is 61.7 Å². The molecule has 8 heteroatoms. The van der Waals surface area contributed by atoms with Crippen LogP contribution in [0.4, 0.5) is 5.95 Å². The van der Waals surface area contributed by atoms with Gasteiger partial charge in [-0.2, -0.15) is 0 Å². The van der Waals surface area contributed by atoms with Gasteiger partial charge in [0.15, 0.2) is 5.16 Å². The summed E-state index contributed by atoms with van der Waals surface area (Å²) in [5.41, 5.74) is 2.36. The molecule has 2 fully saturated rings. The summed E-state index contributed by atoms with van der Waals surface area (Å²) in [7, 11) is 1.86. The van der Waals surface area contributed by atoms with Crippen LogP contribution >= 0.6 is 11.8 Å².